The Morgan fingerprint density at radius 3 is 2.24 bits per heavy atom. The third kappa shape index (κ3) is 5.07. The summed E-state index contributed by atoms with van der Waals surface area (Å²) in [5.74, 6) is -2.96. The standard InChI is InChI=1S/C22H21F4N3O4/c1-13(2)33-17-9-5-15(6-10-17)18(30)27-21(22(24,25)26)19(31)29(20(32)28-21)12-11-14-3-7-16(23)8-4-14/h3-10,13H,11-12H2,1-2H3,(H,27,30)(H,28,32)/t21-/m1/s1. The van der Waals surface area contributed by atoms with Gasteiger partial charge in [0.25, 0.3) is 17.5 Å². The Balaban J connectivity index is 1.79. The summed E-state index contributed by atoms with van der Waals surface area (Å²) in [4.78, 5) is 37.9. The van der Waals surface area contributed by atoms with Crippen molar-refractivity contribution in [1.82, 2.24) is 15.5 Å². The van der Waals surface area contributed by atoms with E-state index in [1.165, 1.54) is 36.4 Å². The summed E-state index contributed by atoms with van der Waals surface area (Å²) >= 11 is 0. The van der Waals surface area contributed by atoms with E-state index in [4.69, 9.17) is 4.74 Å². The van der Waals surface area contributed by atoms with E-state index in [1.54, 1.807) is 24.5 Å². The highest BCUT2D eigenvalue weighted by molar-refractivity contribution is 6.10. The summed E-state index contributed by atoms with van der Waals surface area (Å²) in [6.45, 7) is 3.17. The number of ether oxygens (including phenoxy) is 1. The molecule has 4 amide bonds. The van der Waals surface area contributed by atoms with Crippen LogP contribution in [0, 0.1) is 5.82 Å². The van der Waals surface area contributed by atoms with Crippen LogP contribution in [0.25, 0.3) is 0 Å². The van der Waals surface area contributed by atoms with E-state index in [1.807, 2.05) is 0 Å². The molecular weight excluding hydrogens is 446 g/mol. The molecule has 1 atom stereocenters. The van der Waals surface area contributed by atoms with Gasteiger partial charge in [-0.2, -0.15) is 13.2 Å². The van der Waals surface area contributed by atoms with Crippen molar-refractivity contribution in [3.63, 3.8) is 0 Å². The van der Waals surface area contributed by atoms with Crippen molar-refractivity contribution in [2.24, 2.45) is 0 Å². The van der Waals surface area contributed by atoms with Crippen LogP contribution in [-0.4, -0.2) is 47.2 Å². The fourth-order valence-corrected chi connectivity index (χ4v) is 3.22. The lowest BCUT2D eigenvalue weighted by molar-refractivity contribution is -0.200. The van der Waals surface area contributed by atoms with Crippen molar-refractivity contribution in [2.45, 2.75) is 38.2 Å². The second-order valence-corrected chi connectivity index (χ2v) is 7.66. The van der Waals surface area contributed by atoms with Crippen LogP contribution in [0.15, 0.2) is 48.5 Å². The van der Waals surface area contributed by atoms with Crippen LogP contribution in [0.1, 0.15) is 29.8 Å². The molecule has 7 nitrogen and oxygen atoms in total. The number of imide groups is 1. The zero-order valence-corrected chi connectivity index (χ0v) is 17.7. The van der Waals surface area contributed by atoms with Crippen LogP contribution in [-0.2, 0) is 11.2 Å². The molecule has 176 valence electrons. The van der Waals surface area contributed by atoms with E-state index in [2.05, 4.69) is 0 Å². The molecule has 3 rings (SSSR count). The van der Waals surface area contributed by atoms with E-state index < -0.39 is 42.0 Å². The van der Waals surface area contributed by atoms with Gasteiger partial charge < -0.3 is 10.1 Å². The molecule has 2 aromatic rings. The highest BCUT2D eigenvalue weighted by Gasteiger charge is 2.68. The molecule has 0 aromatic heterocycles. The molecule has 0 aliphatic carbocycles. The Hall–Kier alpha value is -3.63. The molecule has 0 radical (unpaired) electrons. The topological polar surface area (TPSA) is 87.7 Å². The molecule has 0 unspecified atom stereocenters. The maximum Gasteiger partial charge on any atom is 0.440 e. The molecule has 11 heteroatoms. The number of nitrogens with one attached hydrogen (secondary N) is 2. The number of hydrogen-bond donors (Lipinski definition) is 2. The molecule has 1 aliphatic heterocycles. The van der Waals surface area contributed by atoms with Crippen molar-refractivity contribution in [3.8, 4) is 5.75 Å². The smallest absolute Gasteiger partial charge is 0.440 e. The minimum atomic E-state index is -5.32. The van der Waals surface area contributed by atoms with Gasteiger partial charge in [-0.05, 0) is 62.2 Å². The van der Waals surface area contributed by atoms with E-state index in [0.717, 1.165) is 12.1 Å². The molecule has 0 saturated carbocycles. The molecule has 1 heterocycles. The van der Waals surface area contributed by atoms with Crippen LogP contribution >= 0.6 is 0 Å². The first-order valence-electron chi connectivity index (χ1n) is 9.97. The molecule has 0 bridgehead atoms. The number of amides is 4. The number of urea groups is 1. The summed E-state index contributed by atoms with van der Waals surface area (Å²) in [6.07, 6.45) is -5.47. The molecule has 1 saturated heterocycles. The molecule has 1 aliphatic rings. The summed E-state index contributed by atoms with van der Waals surface area (Å²) in [7, 11) is 0. The van der Waals surface area contributed by atoms with Gasteiger partial charge in [0.1, 0.15) is 11.6 Å². The lowest BCUT2D eigenvalue weighted by atomic mass is 10.1. The van der Waals surface area contributed by atoms with Gasteiger partial charge in [0.05, 0.1) is 6.10 Å². The number of benzene rings is 2. The number of hydrogen-bond acceptors (Lipinski definition) is 4. The molecule has 2 N–H and O–H groups in total. The van der Waals surface area contributed by atoms with Gasteiger partial charge in [-0.3, -0.25) is 19.8 Å². The predicted octanol–water partition coefficient (Wildman–Crippen LogP) is 3.40. The molecule has 1 fully saturated rings. The molecule has 33 heavy (non-hydrogen) atoms. The van der Waals surface area contributed by atoms with Crippen LogP contribution < -0.4 is 15.4 Å². The second-order valence-electron chi connectivity index (χ2n) is 7.66. The minimum Gasteiger partial charge on any atom is -0.491 e. The van der Waals surface area contributed by atoms with Crippen LogP contribution in [0.4, 0.5) is 22.4 Å². The van der Waals surface area contributed by atoms with E-state index in [9.17, 15) is 31.9 Å². The number of alkyl halides is 3. The fourth-order valence-electron chi connectivity index (χ4n) is 3.22. The maximum atomic E-state index is 14.0. The number of rotatable bonds is 7. The van der Waals surface area contributed by atoms with Crippen molar-refractivity contribution in [3.05, 3.63) is 65.5 Å². The molecular formula is C22H21F4N3O4. The zero-order valence-electron chi connectivity index (χ0n) is 17.7. The van der Waals surface area contributed by atoms with Gasteiger partial charge in [0, 0.05) is 12.1 Å². The van der Waals surface area contributed by atoms with Crippen molar-refractivity contribution >= 4 is 17.8 Å². The van der Waals surface area contributed by atoms with Gasteiger partial charge in [-0.15, -0.1) is 0 Å². The normalized spacial score (nSPS) is 18.5. The Labute approximate surface area is 186 Å². The number of carbonyl (C=O) groups excluding carboxylic acids is 3. The third-order valence-electron chi connectivity index (χ3n) is 4.86. The van der Waals surface area contributed by atoms with Crippen LogP contribution in [0.5, 0.6) is 5.75 Å². The summed E-state index contributed by atoms with van der Waals surface area (Å²) in [6, 6.07) is 9.06. The predicted molar refractivity (Wildman–Crippen MR) is 109 cm³/mol. The monoisotopic (exact) mass is 467 g/mol. The first-order valence-corrected chi connectivity index (χ1v) is 9.97. The average molecular weight is 467 g/mol. The minimum absolute atomic E-state index is 0.00135. The van der Waals surface area contributed by atoms with E-state index in [-0.39, 0.29) is 18.1 Å². The van der Waals surface area contributed by atoms with Crippen molar-refractivity contribution in [2.75, 3.05) is 6.54 Å². The SMILES string of the molecule is CC(C)Oc1ccc(C(=O)N[C@@]2(C(F)(F)F)NC(=O)N(CCc3ccc(F)cc3)C2=O)cc1. The number of carbonyl (C=O) groups is 3. The first kappa shape index (κ1) is 24.0. The summed E-state index contributed by atoms with van der Waals surface area (Å²) < 4.78 is 60.3. The quantitative estimate of drug-likeness (QED) is 0.483. The fraction of sp³-hybridized carbons (Fsp3) is 0.318. The number of nitrogens with zero attached hydrogens (tertiary/aromatic N) is 1. The Morgan fingerprint density at radius 1 is 1.09 bits per heavy atom. The Bertz CT molecular complexity index is 1040. The Kier molecular flexibility index (Phi) is 6.61. The molecule has 2 aromatic carbocycles. The lowest BCUT2D eigenvalue weighted by Crippen LogP contribution is -2.69. The molecule has 0 spiro atoms. The van der Waals surface area contributed by atoms with Gasteiger partial charge in [-0.25, -0.2) is 9.18 Å². The van der Waals surface area contributed by atoms with Gasteiger partial charge in [-0.1, -0.05) is 12.1 Å². The Morgan fingerprint density at radius 2 is 1.70 bits per heavy atom. The van der Waals surface area contributed by atoms with Crippen LogP contribution in [0.2, 0.25) is 0 Å². The zero-order chi connectivity index (χ0) is 24.4. The van der Waals surface area contributed by atoms with Gasteiger partial charge in [0.2, 0.25) is 0 Å². The highest BCUT2D eigenvalue weighted by atomic mass is 19.4. The van der Waals surface area contributed by atoms with E-state index in [0.29, 0.717) is 16.2 Å². The lowest BCUT2D eigenvalue weighted by Gasteiger charge is -2.30. The van der Waals surface area contributed by atoms with Gasteiger partial charge >= 0.3 is 12.2 Å². The second kappa shape index (κ2) is 9.08. The maximum absolute atomic E-state index is 14.0. The van der Waals surface area contributed by atoms with Gasteiger partial charge in [0.15, 0.2) is 0 Å². The van der Waals surface area contributed by atoms with Crippen LogP contribution in [0.3, 0.4) is 0 Å². The van der Waals surface area contributed by atoms with E-state index >= 15 is 0 Å². The van der Waals surface area contributed by atoms with Crippen molar-refractivity contribution < 1.29 is 36.7 Å². The highest BCUT2D eigenvalue weighted by Crippen LogP contribution is 2.34. The summed E-state index contributed by atoms with van der Waals surface area (Å²) in [5.41, 5.74) is -3.27. The number of halogens is 4. The third-order valence-corrected chi connectivity index (χ3v) is 4.86. The largest absolute Gasteiger partial charge is 0.491 e. The van der Waals surface area contributed by atoms with Crippen molar-refractivity contribution in [1.29, 1.82) is 0 Å². The average Bonchev–Trinajstić information content (AvgIpc) is 2.98. The summed E-state index contributed by atoms with van der Waals surface area (Å²) in [5, 5.41) is 3.23. The first-order chi connectivity index (χ1) is 15.4.